The molecule has 0 saturated carbocycles. The van der Waals surface area contributed by atoms with Crippen LogP contribution in [0.15, 0.2) is 0 Å². The quantitative estimate of drug-likeness (QED) is 0.521. The van der Waals surface area contributed by atoms with E-state index in [4.69, 9.17) is 5.11 Å². The van der Waals surface area contributed by atoms with Gasteiger partial charge < -0.3 is 10.4 Å². The van der Waals surface area contributed by atoms with Crippen LogP contribution in [0.4, 0.5) is 0 Å². The summed E-state index contributed by atoms with van der Waals surface area (Å²) in [6.45, 7) is 2.82. The summed E-state index contributed by atoms with van der Waals surface area (Å²) in [4.78, 5) is 0. The van der Waals surface area contributed by atoms with Crippen LogP contribution in [0, 0.1) is 0 Å². The van der Waals surface area contributed by atoms with Crippen molar-refractivity contribution in [2.45, 2.75) is 25.9 Å². The standard InChI is InChI=1S/C6H15NO/c1-6(8)4-3-5-7-2/h6-8H,3-5H2,1-2H3. The Hall–Kier alpha value is -0.0800. The SMILES string of the molecule is CNCCCC(C)O. The molecule has 2 N–H and O–H groups in total. The molecule has 2 nitrogen and oxygen atoms in total. The van der Waals surface area contributed by atoms with Crippen molar-refractivity contribution in [3.8, 4) is 0 Å². The molecule has 0 spiro atoms. The van der Waals surface area contributed by atoms with Crippen molar-refractivity contribution in [3.05, 3.63) is 0 Å². The lowest BCUT2D eigenvalue weighted by molar-refractivity contribution is 0.181. The average molecular weight is 117 g/mol. The van der Waals surface area contributed by atoms with Crippen LogP contribution < -0.4 is 5.32 Å². The first kappa shape index (κ1) is 7.92. The largest absolute Gasteiger partial charge is 0.393 e. The molecule has 0 rings (SSSR count). The maximum atomic E-state index is 8.75. The smallest absolute Gasteiger partial charge is 0.0512 e. The van der Waals surface area contributed by atoms with Gasteiger partial charge in [-0.3, -0.25) is 0 Å². The van der Waals surface area contributed by atoms with Gasteiger partial charge in [0, 0.05) is 0 Å². The number of rotatable bonds is 4. The molecule has 0 amide bonds. The zero-order chi connectivity index (χ0) is 6.41. The Labute approximate surface area is 50.9 Å². The lowest BCUT2D eigenvalue weighted by Gasteiger charge is -2.01. The first-order valence-electron chi connectivity index (χ1n) is 3.10. The Kier molecular flexibility index (Phi) is 5.01. The molecule has 1 atom stereocenters. The Morgan fingerprint density at radius 1 is 1.62 bits per heavy atom. The molecule has 0 aliphatic carbocycles. The van der Waals surface area contributed by atoms with E-state index in [1.165, 1.54) is 0 Å². The van der Waals surface area contributed by atoms with Crippen molar-refractivity contribution in [2.75, 3.05) is 13.6 Å². The Morgan fingerprint density at radius 3 is 2.62 bits per heavy atom. The van der Waals surface area contributed by atoms with Gasteiger partial charge in [0.05, 0.1) is 6.10 Å². The zero-order valence-electron chi connectivity index (χ0n) is 5.65. The molecule has 0 fully saturated rings. The van der Waals surface area contributed by atoms with Crippen LogP contribution >= 0.6 is 0 Å². The normalized spacial score (nSPS) is 13.9. The molecule has 0 aliphatic heterocycles. The van der Waals surface area contributed by atoms with E-state index >= 15 is 0 Å². The zero-order valence-corrected chi connectivity index (χ0v) is 5.65. The third-order valence-corrected chi connectivity index (χ3v) is 1.05. The van der Waals surface area contributed by atoms with E-state index in [9.17, 15) is 0 Å². The van der Waals surface area contributed by atoms with Crippen LogP contribution in [0.25, 0.3) is 0 Å². The maximum absolute atomic E-state index is 8.75. The van der Waals surface area contributed by atoms with Gasteiger partial charge in [-0.1, -0.05) is 0 Å². The van der Waals surface area contributed by atoms with Crippen LogP contribution in [0.3, 0.4) is 0 Å². The van der Waals surface area contributed by atoms with Gasteiger partial charge in [0.1, 0.15) is 0 Å². The van der Waals surface area contributed by atoms with Gasteiger partial charge in [-0.05, 0) is 33.4 Å². The first-order valence-corrected chi connectivity index (χ1v) is 3.10. The van der Waals surface area contributed by atoms with Gasteiger partial charge in [-0.2, -0.15) is 0 Å². The summed E-state index contributed by atoms with van der Waals surface area (Å²) in [5.74, 6) is 0. The van der Waals surface area contributed by atoms with Gasteiger partial charge >= 0.3 is 0 Å². The molecular weight excluding hydrogens is 102 g/mol. The van der Waals surface area contributed by atoms with Crippen LogP contribution in [0.5, 0.6) is 0 Å². The van der Waals surface area contributed by atoms with Crippen molar-refractivity contribution in [2.24, 2.45) is 0 Å². The minimum atomic E-state index is -0.136. The maximum Gasteiger partial charge on any atom is 0.0512 e. The van der Waals surface area contributed by atoms with E-state index in [2.05, 4.69) is 5.32 Å². The molecule has 0 radical (unpaired) electrons. The third-order valence-electron chi connectivity index (χ3n) is 1.05. The monoisotopic (exact) mass is 117 g/mol. The van der Waals surface area contributed by atoms with E-state index in [-0.39, 0.29) is 6.10 Å². The van der Waals surface area contributed by atoms with E-state index in [0.717, 1.165) is 19.4 Å². The van der Waals surface area contributed by atoms with Crippen molar-refractivity contribution in [1.29, 1.82) is 0 Å². The van der Waals surface area contributed by atoms with Crippen molar-refractivity contribution in [1.82, 2.24) is 5.32 Å². The van der Waals surface area contributed by atoms with Crippen molar-refractivity contribution >= 4 is 0 Å². The molecule has 0 heterocycles. The van der Waals surface area contributed by atoms with Gasteiger partial charge in [0.25, 0.3) is 0 Å². The van der Waals surface area contributed by atoms with Crippen molar-refractivity contribution < 1.29 is 5.11 Å². The number of aliphatic hydroxyl groups is 1. The highest BCUT2D eigenvalue weighted by molar-refractivity contribution is 4.47. The third kappa shape index (κ3) is 5.92. The highest BCUT2D eigenvalue weighted by atomic mass is 16.3. The Bertz CT molecular complexity index is 45.8. The molecule has 0 aromatic carbocycles. The number of aliphatic hydroxyl groups excluding tert-OH is 1. The fourth-order valence-corrected chi connectivity index (χ4v) is 0.574. The molecule has 0 aromatic rings. The molecular formula is C6H15NO. The predicted octanol–water partition coefficient (Wildman–Crippen LogP) is 0.367. The van der Waals surface area contributed by atoms with E-state index in [0.29, 0.717) is 0 Å². The molecule has 50 valence electrons. The summed E-state index contributed by atoms with van der Waals surface area (Å²) >= 11 is 0. The summed E-state index contributed by atoms with van der Waals surface area (Å²) < 4.78 is 0. The summed E-state index contributed by atoms with van der Waals surface area (Å²) in [5.41, 5.74) is 0. The molecule has 0 saturated heterocycles. The molecule has 0 aromatic heterocycles. The number of nitrogens with one attached hydrogen (secondary N) is 1. The summed E-state index contributed by atoms with van der Waals surface area (Å²) in [6.07, 6.45) is 1.83. The fourth-order valence-electron chi connectivity index (χ4n) is 0.574. The first-order chi connectivity index (χ1) is 3.77. The molecule has 0 aliphatic rings. The second-order valence-electron chi connectivity index (χ2n) is 2.09. The van der Waals surface area contributed by atoms with Crippen LogP contribution in [-0.2, 0) is 0 Å². The highest BCUT2D eigenvalue weighted by Gasteiger charge is 1.91. The minimum absolute atomic E-state index is 0.136. The van der Waals surface area contributed by atoms with E-state index in [1.807, 2.05) is 14.0 Å². The Balaban J connectivity index is 2.72. The number of hydrogen-bond donors (Lipinski definition) is 2. The summed E-state index contributed by atoms with van der Waals surface area (Å²) in [6, 6.07) is 0. The van der Waals surface area contributed by atoms with Gasteiger partial charge in [0.15, 0.2) is 0 Å². The predicted molar refractivity (Wildman–Crippen MR) is 34.8 cm³/mol. The minimum Gasteiger partial charge on any atom is -0.393 e. The van der Waals surface area contributed by atoms with E-state index < -0.39 is 0 Å². The van der Waals surface area contributed by atoms with Gasteiger partial charge in [-0.25, -0.2) is 0 Å². The van der Waals surface area contributed by atoms with Crippen molar-refractivity contribution in [3.63, 3.8) is 0 Å². The average Bonchev–Trinajstić information content (AvgIpc) is 1.66. The molecule has 2 heteroatoms. The van der Waals surface area contributed by atoms with E-state index in [1.54, 1.807) is 0 Å². The highest BCUT2D eigenvalue weighted by Crippen LogP contribution is 1.92. The fraction of sp³-hybridized carbons (Fsp3) is 1.00. The van der Waals surface area contributed by atoms with Crippen LogP contribution in [0.2, 0.25) is 0 Å². The van der Waals surface area contributed by atoms with Gasteiger partial charge in [0.2, 0.25) is 0 Å². The van der Waals surface area contributed by atoms with Crippen LogP contribution in [-0.4, -0.2) is 24.8 Å². The number of hydrogen-bond acceptors (Lipinski definition) is 2. The summed E-state index contributed by atoms with van der Waals surface area (Å²) in [7, 11) is 1.92. The topological polar surface area (TPSA) is 32.3 Å². The molecule has 0 bridgehead atoms. The molecule has 1 unspecified atom stereocenters. The van der Waals surface area contributed by atoms with Crippen LogP contribution in [0.1, 0.15) is 19.8 Å². The molecule has 8 heavy (non-hydrogen) atoms. The summed E-state index contributed by atoms with van der Waals surface area (Å²) in [5, 5.41) is 11.8. The lowest BCUT2D eigenvalue weighted by Crippen LogP contribution is -2.10. The Morgan fingerprint density at radius 2 is 2.25 bits per heavy atom. The second kappa shape index (κ2) is 5.06. The van der Waals surface area contributed by atoms with Gasteiger partial charge in [-0.15, -0.1) is 0 Å². The second-order valence-corrected chi connectivity index (χ2v) is 2.09. The lowest BCUT2D eigenvalue weighted by atomic mass is 10.2.